The van der Waals surface area contributed by atoms with Crippen LogP contribution in [0.5, 0.6) is 11.5 Å². The largest absolute Gasteiger partial charge is 0.495 e. The van der Waals surface area contributed by atoms with E-state index in [1.807, 2.05) is 49.4 Å². The van der Waals surface area contributed by atoms with E-state index in [1.54, 1.807) is 13.2 Å². The van der Waals surface area contributed by atoms with Gasteiger partial charge in [-0.2, -0.15) is 0 Å². The fraction of sp³-hybridized carbons (Fsp3) is 0.176. The molecule has 0 spiro atoms. The summed E-state index contributed by atoms with van der Waals surface area (Å²) < 4.78 is 10.9. The number of methoxy groups -OCH3 is 1. The predicted octanol–water partition coefficient (Wildman–Crippen LogP) is 5.57. The Morgan fingerprint density at radius 3 is 2.48 bits per heavy atom. The molecule has 2 rings (SSSR count). The first-order valence-electron chi connectivity index (χ1n) is 6.58. The van der Waals surface area contributed by atoms with E-state index in [9.17, 15) is 0 Å². The van der Waals surface area contributed by atoms with Crippen molar-refractivity contribution in [1.82, 2.24) is 0 Å². The first-order valence-corrected chi connectivity index (χ1v) is 7.34. The van der Waals surface area contributed by atoms with Crippen molar-refractivity contribution in [2.75, 3.05) is 13.7 Å². The fourth-order valence-electron chi connectivity index (χ4n) is 2.00. The van der Waals surface area contributed by atoms with E-state index in [-0.39, 0.29) is 0 Å². The second-order valence-corrected chi connectivity index (χ2v) is 5.16. The Morgan fingerprint density at radius 2 is 1.76 bits per heavy atom. The minimum absolute atomic E-state index is 0.489. The highest BCUT2D eigenvalue weighted by molar-refractivity contribution is 6.36. The van der Waals surface area contributed by atoms with Gasteiger partial charge in [0.25, 0.3) is 0 Å². The van der Waals surface area contributed by atoms with Crippen LogP contribution in [0.4, 0.5) is 0 Å². The van der Waals surface area contributed by atoms with Crippen LogP contribution in [0.25, 0.3) is 12.2 Å². The summed E-state index contributed by atoms with van der Waals surface area (Å²) in [5, 5.41) is 1.06. The highest BCUT2D eigenvalue weighted by atomic mass is 35.5. The lowest BCUT2D eigenvalue weighted by atomic mass is 10.1. The topological polar surface area (TPSA) is 18.5 Å². The van der Waals surface area contributed by atoms with Gasteiger partial charge in [0.1, 0.15) is 11.5 Å². The first kappa shape index (κ1) is 15.7. The number of ether oxygens (including phenoxy) is 2. The zero-order valence-corrected chi connectivity index (χ0v) is 13.4. The molecule has 0 aliphatic rings. The van der Waals surface area contributed by atoms with Crippen molar-refractivity contribution in [3.05, 3.63) is 57.6 Å². The van der Waals surface area contributed by atoms with E-state index in [0.29, 0.717) is 22.4 Å². The summed E-state index contributed by atoms with van der Waals surface area (Å²) in [4.78, 5) is 0. The quantitative estimate of drug-likeness (QED) is 0.670. The summed E-state index contributed by atoms with van der Waals surface area (Å²) in [6.45, 7) is 2.58. The maximum absolute atomic E-state index is 6.13. The van der Waals surface area contributed by atoms with Gasteiger partial charge in [0, 0.05) is 16.1 Å². The van der Waals surface area contributed by atoms with Crippen LogP contribution in [0, 0.1) is 0 Å². The number of hydrogen-bond acceptors (Lipinski definition) is 2. The zero-order valence-electron chi connectivity index (χ0n) is 11.9. The van der Waals surface area contributed by atoms with E-state index in [2.05, 4.69) is 0 Å². The van der Waals surface area contributed by atoms with Crippen molar-refractivity contribution >= 4 is 35.4 Å². The molecule has 0 radical (unpaired) electrons. The first-order chi connectivity index (χ1) is 10.2. The maximum Gasteiger partial charge on any atom is 0.144 e. The highest BCUT2D eigenvalue weighted by Crippen LogP contribution is 2.33. The predicted molar refractivity (Wildman–Crippen MR) is 89.6 cm³/mol. The van der Waals surface area contributed by atoms with Gasteiger partial charge in [-0.3, -0.25) is 0 Å². The lowest BCUT2D eigenvalue weighted by molar-refractivity contribution is 0.339. The molecule has 0 aromatic heterocycles. The van der Waals surface area contributed by atoms with E-state index in [0.717, 1.165) is 16.9 Å². The minimum Gasteiger partial charge on any atom is -0.495 e. The van der Waals surface area contributed by atoms with Crippen molar-refractivity contribution < 1.29 is 9.47 Å². The molecular weight excluding hydrogens is 307 g/mol. The molecule has 0 fully saturated rings. The van der Waals surface area contributed by atoms with Crippen LogP contribution in [-0.2, 0) is 0 Å². The number of rotatable bonds is 5. The van der Waals surface area contributed by atoms with Crippen molar-refractivity contribution in [3.63, 3.8) is 0 Å². The summed E-state index contributed by atoms with van der Waals surface area (Å²) in [5.41, 5.74) is 1.80. The lowest BCUT2D eigenvalue weighted by Crippen LogP contribution is -1.93. The van der Waals surface area contributed by atoms with Crippen molar-refractivity contribution in [3.8, 4) is 11.5 Å². The van der Waals surface area contributed by atoms with E-state index in [4.69, 9.17) is 32.7 Å². The summed E-state index contributed by atoms with van der Waals surface area (Å²) in [5.74, 6) is 1.44. The highest BCUT2D eigenvalue weighted by Gasteiger charge is 2.07. The molecule has 0 aliphatic heterocycles. The van der Waals surface area contributed by atoms with Gasteiger partial charge in [-0.1, -0.05) is 53.6 Å². The van der Waals surface area contributed by atoms with Crippen molar-refractivity contribution in [1.29, 1.82) is 0 Å². The Bertz CT molecular complexity index is 651. The van der Waals surface area contributed by atoms with Crippen molar-refractivity contribution in [2.45, 2.75) is 6.92 Å². The van der Waals surface area contributed by atoms with Crippen LogP contribution >= 0.6 is 23.2 Å². The van der Waals surface area contributed by atoms with Gasteiger partial charge in [-0.15, -0.1) is 0 Å². The average Bonchev–Trinajstić information content (AvgIpc) is 2.46. The maximum atomic E-state index is 6.13. The van der Waals surface area contributed by atoms with Gasteiger partial charge in [-0.25, -0.2) is 0 Å². The molecule has 2 nitrogen and oxygen atoms in total. The van der Waals surface area contributed by atoms with Gasteiger partial charge in [0.15, 0.2) is 0 Å². The molecule has 0 atom stereocenters. The van der Waals surface area contributed by atoms with E-state index < -0.39 is 0 Å². The molecule has 4 heteroatoms. The molecule has 0 unspecified atom stereocenters. The van der Waals surface area contributed by atoms with Crippen LogP contribution in [0.15, 0.2) is 36.4 Å². The molecule has 0 aliphatic carbocycles. The Labute approximate surface area is 134 Å². The van der Waals surface area contributed by atoms with Crippen LogP contribution in [0.2, 0.25) is 10.0 Å². The number of hydrogen-bond donors (Lipinski definition) is 0. The van der Waals surface area contributed by atoms with Crippen LogP contribution in [-0.4, -0.2) is 13.7 Å². The summed E-state index contributed by atoms with van der Waals surface area (Å²) in [6.07, 6.45) is 3.87. The van der Waals surface area contributed by atoms with Crippen molar-refractivity contribution in [2.24, 2.45) is 0 Å². The minimum atomic E-state index is 0.489. The lowest BCUT2D eigenvalue weighted by Gasteiger charge is -2.09. The summed E-state index contributed by atoms with van der Waals surface area (Å²) in [6, 6.07) is 11.3. The third kappa shape index (κ3) is 3.93. The Hall–Kier alpha value is -1.64. The van der Waals surface area contributed by atoms with Crippen LogP contribution in [0.1, 0.15) is 18.1 Å². The third-order valence-electron chi connectivity index (χ3n) is 2.90. The Kier molecular flexibility index (Phi) is 5.54. The van der Waals surface area contributed by atoms with Gasteiger partial charge in [0.05, 0.1) is 18.7 Å². The Balaban J connectivity index is 2.38. The third-order valence-corrected chi connectivity index (χ3v) is 3.40. The Morgan fingerprint density at radius 1 is 1.05 bits per heavy atom. The molecule has 110 valence electrons. The molecule has 0 N–H and O–H groups in total. The smallest absolute Gasteiger partial charge is 0.144 e. The van der Waals surface area contributed by atoms with E-state index >= 15 is 0 Å². The molecule has 0 saturated heterocycles. The van der Waals surface area contributed by atoms with Gasteiger partial charge < -0.3 is 9.47 Å². The summed E-state index contributed by atoms with van der Waals surface area (Å²) >= 11 is 12.2. The molecule has 0 bridgehead atoms. The van der Waals surface area contributed by atoms with Gasteiger partial charge >= 0.3 is 0 Å². The number of halogens is 2. The molecular formula is C17H16Cl2O2. The average molecular weight is 323 g/mol. The van der Waals surface area contributed by atoms with E-state index in [1.165, 1.54) is 0 Å². The molecule has 2 aromatic carbocycles. The number of benzene rings is 2. The standard InChI is InChI=1S/C17H16Cl2O2/c1-3-21-16-7-5-4-6-12(16)8-9-13-10-14(18)11-15(19)17(13)20-2/h4-11H,3H2,1-2H3. The summed E-state index contributed by atoms with van der Waals surface area (Å²) in [7, 11) is 1.58. The second kappa shape index (κ2) is 7.39. The SMILES string of the molecule is CCOc1ccccc1C=Cc1cc(Cl)cc(Cl)c1OC. The second-order valence-electron chi connectivity index (χ2n) is 4.31. The fourth-order valence-corrected chi connectivity index (χ4v) is 2.59. The molecule has 0 saturated carbocycles. The van der Waals surface area contributed by atoms with Gasteiger partial charge in [-0.05, 0) is 25.1 Å². The molecule has 0 heterocycles. The number of para-hydroxylation sites is 1. The van der Waals surface area contributed by atoms with Gasteiger partial charge in [0.2, 0.25) is 0 Å². The molecule has 21 heavy (non-hydrogen) atoms. The van der Waals surface area contributed by atoms with Crippen LogP contribution in [0.3, 0.4) is 0 Å². The zero-order chi connectivity index (χ0) is 15.2. The van der Waals surface area contributed by atoms with Crippen LogP contribution < -0.4 is 9.47 Å². The monoisotopic (exact) mass is 322 g/mol. The molecule has 2 aromatic rings. The molecule has 0 amide bonds. The normalized spacial score (nSPS) is 10.9.